The Bertz CT molecular complexity index is 3580. The Kier molecular flexibility index (Phi) is 6.62. The fourth-order valence-corrected chi connectivity index (χ4v) is 10.3. The van der Waals surface area contributed by atoms with E-state index in [0.29, 0.717) is 5.69 Å². The van der Waals surface area contributed by atoms with Gasteiger partial charge in [0.2, 0.25) is 0 Å². The monoisotopic (exact) mass is 765 g/mol. The second-order valence-corrected chi connectivity index (χ2v) is 15.6. The lowest BCUT2D eigenvalue weighted by molar-refractivity contribution is 0.436. The molecule has 0 unspecified atom stereocenters. The lowest BCUT2D eigenvalue weighted by atomic mass is 9.66. The van der Waals surface area contributed by atoms with Crippen LogP contribution in [0.5, 0.6) is 11.5 Å². The first-order valence-corrected chi connectivity index (χ1v) is 20.1. The second-order valence-electron chi connectivity index (χ2n) is 15.6. The summed E-state index contributed by atoms with van der Waals surface area (Å²) in [6.45, 7) is 8.20. The summed E-state index contributed by atoms with van der Waals surface area (Å²) < 4.78 is 11.3. The Balaban J connectivity index is 1.02. The van der Waals surface area contributed by atoms with Gasteiger partial charge in [-0.05, 0) is 101 Å². The van der Waals surface area contributed by atoms with E-state index in [-0.39, 0.29) is 0 Å². The molecule has 1 aliphatic carbocycles. The van der Waals surface area contributed by atoms with E-state index in [1.165, 1.54) is 10.8 Å². The summed E-state index contributed by atoms with van der Waals surface area (Å²) in [6.07, 6.45) is 3.71. The van der Waals surface area contributed by atoms with Gasteiger partial charge in [0.05, 0.1) is 45.4 Å². The van der Waals surface area contributed by atoms with Crippen LogP contribution < -0.4 is 4.74 Å². The lowest BCUT2D eigenvalue weighted by Gasteiger charge is -2.39. The Morgan fingerprint density at radius 1 is 0.433 bits per heavy atom. The molecule has 0 atom stereocenters. The molecule has 6 nitrogen and oxygen atoms in total. The van der Waals surface area contributed by atoms with Crippen LogP contribution in [-0.4, -0.2) is 19.1 Å². The van der Waals surface area contributed by atoms with Crippen LogP contribution in [0, 0.1) is 6.57 Å². The summed E-state index contributed by atoms with van der Waals surface area (Å²) in [4.78, 5) is 13.8. The van der Waals surface area contributed by atoms with E-state index in [2.05, 4.69) is 160 Å². The predicted octanol–water partition coefficient (Wildman–Crippen LogP) is 13.4. The molecule has 5 heterocycles. The zero-order valence-electron chi connectivity index (χ0n) is 32.0. The minimum Gasteiger partial charge on any atom is -0.457 e. The van der Waals surface area contributed by atoms with Gasteiger partial charge in [0, 0.05) is 56.4 Å². The Morgan fingerprint density at radius 3 is 1.57 bits per heavy atom. The predicted molar refractivity (Wildman–Crippen MR) is 240 cm³/mol. The SMILES string of the molecule is [C-]#[N+]c1cc(-n2c3ccccc3c3ccccc32)cc(-n2c3ccccc3c3cc(-c4ccc5c(c4)C4(c6ccccc6O5)c5cccnc5-c5ncccc54)ccc32)c1. The van der Waals surface area contributed by atoms with E-state index in [4.69, 9.17) is 21.3 Å². The Labute approximate surface area is 344 Å². The molecular formula is C54H31N5O. The van der Waals surface area contributed by atoms with Gasteiger partial charge in [-0.3, -0.25) is 9.97 Å². The second kappa shape index (κ2) is 12.1. The minimum absolute atomic E-state index is 0.583. The highest BCUT2D eigenvalue weighted by molar-refractivity contribution is 6.11. The number of hydrogen-bond donors (Lipinski definition) is 0. The summed E-state index contributed by atoms with van der Waals surface area (Å²) in [5.74, 6) is 1.66. The lowest BCUT2D eigenvalue weighted by Crippen LogP contribution is -2.32. The molecule has 60 heavy (non-hydrogen) atoms. The van der Waals surface area contributed by atoms with Crippen LogP contribution in [0.4, 0.5) is 5.69 Å². The van der Waals surface area contributed by atoms with Gasteiger partial charge in [0.15, 0.2) is 5.69 Å². The maximum atomic E-state index is 8.20. The van der Waals surface area contributed by atoms with E-state index in [9.17, 15) is 0 Å². The van der Waals surface area contributed by atoms with Crippen molar-refractivity contribution >= 4 is 49.3 Å². The number of ether oxygens (including phenoxy) is 1. The number of fused-ring (bicyclic) bond motifs is 15. The van der Waals surface area contributed by atoms with E-state index in [1.807, 2.05) is 42.7 Å². The topological polar surface area (TPSA) is 49.2 Å². The van der Waals surface area contributed by atoms with Crippen LogP contribution in [0.15, 0.2) is 188 Å². The molecule has 0 bridgehead atoms. The van der Waals surface area contributed by atoms with Crippen molar-refractivity contribution in [3.8, 4) is 45.4 Å². The molecule has 13 rings (SSSR count). The number of rotatable bonds is 3. The highest BCUT2D eigenvalue weighted by Crippen LogP contribution is 2.61. The average Bonchev–Trinajstić information content (AvgIpc) is 3.93. The summed E-state index contributed by atoms with van der Waals surface area (Å²) in [5.41, 5.74) is 14.5. The van der Waals surface area contributed by atoms with Crippen molar-refractivity contribution in [3.05, 3.63) is 222 Å². The van der Waals surface area contributed by atoms with Crippen molar-refractivity contribution in [2.45, 2.75) is 5.41 Å². The summed E-state index contributed by atoms with van der Waals surface area (Å²) in [7, 11) is 0. The first-order chi connectivity index (χ1) is 29.7. The molecule has 11 aromatic rings. The van der Waals surface area contributed by atoms with Gasteiger partial charge in [-0.25, -0.2) is 4.85 Å². The fourth-order valence-electron chi connectivity index (χ4n) is 10.3. The van der Waals surface area contributed by atoms with Crippen molar-refractivity contribution in [2.24, 2.45) is 0 Å². The van der Waals surface area contributed by atoms with Gasteiger partial charge in [0.1, 0.15) is 11.5 Å². The molecule has 0 saturated heterocycles. The van der Waals surface area contributed by atoms with Crippen LogP contribution in [0.25, 0.3) is 82.3 Å². The largest absolute Gasteiger partial charge is 0.457 e. The van der Waals surface area contributed by atoms with Crippen LogP contribution in [0.1, 0.15) is 22.3 Å². The van der Waals surface area contributed by atoms with Crippen molar-refractivity contribution in [2.75, 3.05) is 0 Å². The summed E-state index contributed by atoms with van der Waals surface area (Å²) >= 11 is 0. The summed E-state index contributed by atoms with van der Waals surface area (Å²) in [5, 5.41) is 4.65. The number of pyridine rings is 2. The van der Waals surface area contributed by atoms with E-state index in [1.54, 1.807) is 0 Å². The van der Waals surface area contributed by atoms with E-state index >= 15 is 0 Å². The van der Waals surface area contributed by atoms with Crippen LogP contribution in [0.3, 0.4) is 0 Å². The maximum Gasteiger partial charge on any atom is 0.191 e. The summed E-state index contributed by atoms with van der Waals surface area (Å²) in [6, 6.07) is 61.9. The molecule has 4 aromatic heterocycles. The molecule has 0 radical (unpaired) electrons. The molecule has 2 aliphatic rings. The van der Waals surface area contributed by atoms with Crippen LogP contribution >= 0.6 is 0 Å². The zero-order chi connectivity index (χ0) is 39.5. The standard InChI is InChI=1S/C54H31N5O/c1-55-35-30-36(58-46-18-6-2-12-38(46)39-13-3-7-19-47(39)58)32-37(31-35)59-48-20-8-4-14-40(48)41-28-33(22-24-49(41)59)34-23-25-51-45(29-34)54(42-15-5-9-21-50(42)60-51)43-16-10-26-56-52(43)53-44(54)17-11-27-57-53/h2-32H. The molecule has 1 spiro atoms. The van der Waals surface area contributed by atoms with Gasteiger partial charge in [-0.2, -0.15) is 0 Å². The number of hydrogen-bond acceptors (Lipinski definition) is 3. The van der Waals surface area contributed by atoms with Crippen molar-refractivity contribution in [1.29, 1.82) is 0 Å². The quantitative estimate of drug-likeness (QED) is 0.168. The third-order valence-corrected chi connectivity index (χ3v) is 12.7. The van der Waals surface area contributed by atoms with E-state index < -0.39 is 5.41 Å². The molecular weight excluding hydrogens is 735 g/mol. The van der Waals surface area contributed by atoms with Gasteiger partial charge >= 0.3 is 0 Å². The number of benzene rings is 7. The van der Waals surface area contributed by atoms with Crippen molar-refractivity contribution in [1.82, 2.24) is 19.1 Å². The molecule has 0 N–H and O–H groups in total. The fraction of sp³-hybridized carbons (Fsp3) is 0.0185. The van der Waals surface area contributed by atoms with Gasteiger partial charge in [-0.1, -0.05) is 97.1 Å². The molecule has 0 saturated carbocycles. The highest BCUT2D eigenvalue weighted by atomic mass is 16.5. The average molecular weight is 766 g/mol. The van der Waals surface area contributed by atoms with Crippen LogP contribution in [-0.2, 0) is 5.41 Å². The molecule has 6 heteroatoms. The normalized spacial score (nSPS) is 13.2. The minimum atomic E-state index is -0.657. The van der Waals surface area contributed by atoms with Gasteiger partial charge in [-0.15, -0.1) is 0 Å². The van der Waals surface area contributed by atoms with Gasteiger partial charge < -0.3 is 13.9 Å². The van der Waals surface area contributed by atoms with Crippen LogP contribution in [0.2, 0.25) is 0 Å². The van der Waals surface area contributed by atoms with E-state index in [0.717, 1.165) is 100 Å². The molecule has 1 aliphatic heterocycles. The smallest absolute Gasteiger partial charge is 0.191 e. The van der Waals surface area contributed by atoms with Crippen molar-refractivity contribution in [3.63, 3.8) is 0 Å². The highest BCUT2D eigenvalue weighted by Gasteiger charge is 2.52. The molecule has 7 aromatic carbocycles. The maximum absolute atomic E-state index is 8.20. The number of para-hydroxylation sites is 4. The molecule has 0 amide bonds. The first-order valence-electron chi connectivity index (χ1n) is 20.1. The number of nitrogens with zero attached hydrogens (tertiary/aromatic N) is 5. The third-order valence-electron chi connectivity index (χ3n) is 12.7. The number of aromatic nitrogens is 4. The van der Waals surface area contributed by atoms with Gasteiger partial charge in [0.25, 0.3) is 0 Å². The Hall–Kier alpha value is -8.27. The molecule has 278 valence electrons. The van der Waals surface area contributed by atoms with Crippen molar-refractivity contribution < 1.29 is 4.74 Å². The third kappa shape index (κ3) is 4.30. The Morgan fingerprint density at radius 2 is 0.933 bits per heavy atom. The zero-order valence-corrected chi connectivity index (χ0v) is 32.0. The first kappa shape index (κ1) is 32.8. The molecule has 0 fully saturated rings.